The third-order valence-corrected chi connectivity index (χ3v) is 4.47. The predicted octanol–water partition coefficient (Wildman–Crippen LogP) is 1.93. The van der Waals surface area contributed by atoms with E-state index in [1.165, 1.54) is 0 Å². The van der Waals surface area contributed by atoms with E-state index in [-0.39, 0.29) is 5.69 Å². The van der Waals surface area contributed by atoms with E-state index in [4.69, 9.17) is 10.2 Å². The van der Waals surface area contributed by atoms with Gasteiger partial charge in [0.2, 0.25) is 5.82 Å². The molecule has 0 aliphatic heterocycles. The van der Waals surface area contributed by atoms with Crippen molar-refractivity contribution in [2.75, 3.05) is 4.72 Å². The Bertz CT molecular complexity index is 1000. The lowest BCUT2D eigenvalue weighted by molar-refractivity contribution is -0.387. The summed E-state index contributed by atoms with van der Waals surface area (Å²) in [6, 6.07) is 4.42. The minimum absolute atomic E-state index is 0.365. The number of benzene rings is 2. The van der Waals surface area contributed by atoms with Crippen LogP contribution in [0.3, 0.4) is 0 Å². The van der Waals surface area contributed by atoms with Gasteiger partial charge in [-0.2, -0.15) is 4.39 Å². The summed E-state index contributed by atoms with van der Waals surface area (Å²) in [7, 11) is -4.50. The van der Waals surface area contributed by atoms with Crippen molar-refractivity contribution in [1.82, 2.24) is 0 Å². The molecule has 0 aromatic heterocycles. The number of nitro groups is 1. The molecule has 0 unspecified atom stereocenters. The molecule has 0 saturated carbocycles. The minimum atomic E-state index is -4.50. The number of halogens is 1. The van der Waals surface area contributed by atoms with Gasteiger partial charge in [0.15, 0.2) is 0 Å². The summed E-state index contributed by atoms with van der Waals surface area (Å²) in [4.78, 5) is 31.1. The number of carboxylic acids is 2. The average molecular weight is 384 g/mol. The molecular weight excluding hydrogens is 375 g/mol. The van der Waals surface area contributed by atoms with Gasteiger partial charge in [-0.25, -0.2) is 18.0 Å². The molecule has 0 bridgehead atoms. The van der Waals surface area contributed by atoms with E-state index < -0.39 is 54.4 Å². The fraction of sp³-hybridized carbons (Fsp3) is 0. The molecule has 0 aliphatic carbocycles. The Labute approximate surface area is 144 Å². The Morgan fingerprint density at radius 2 is 1.58 bits per heavy atom. The lowest BCUT2D eigenvalue weighted by Crippen LogP contribution is -2.15. The fourth-order valence-corrected chi connectivity index (χ4v) is 3.05. The molecular formula is C14H9FN2O8S. The Morgan fingerprint density at radius 1 is 1.04 bits per heavy atom. The number of carboxylic acid groups (broad SMARTS) is 2. The van der Waals surface area contributed by atoms with Gasteiger partial charge in [-0.1, -0.05) is 0 Å². The number of sulfonamides is 1. The van der Waals surface area contributed by atoms with Crippen molar-refractivity contribution in [2.24, 2.45) is 0 Å². The summed E-state index contributed by atoms with van der Waals surface area (Å²) < 4.78 is 39.9. The van der Waals surface area contributed by atoms with E-state index in [9.17, 15) is 32.5 Å². The second-order valence-electron chi connectivity index (χ2n) is 4.89. The lowest BCUT2D eigenvalue weighted by atomic mass is 10.1. The topological polar surface area (TPSA) is 164 Å². The van der Waals surface area contributed by atoms with E-state index in [2.05, 4.69) is 0 Å². The molecule has 0 heterocycles. The number of hydrogen-bond acceptors (Lipinski definition) is 6. The molecule has 0 fully saturated rings. The van der Waals surface area contributed by atoms with Crippen LogP contribution in [0.5, 0.6) is 0 Å². The third-order valence-electron chi connectivity index (χ3n) is 3.11. The van der Waals surface area contributed by atoms with Crippen LogP contribution in [0.4, 0.5) is 15.8 Å². The summed E-state index contributed by atoms with van der Waals surface area (Å²) in [6.07, 6.45) is 0. The first-order chi connectivity index (χ1) is 12.0. The Morgan fingerprint density at radius 3 is 2.04 bits per heavy atom. The van der Waals surface area contributed by atoms with Crippen LogP contribution in [0.25, 0.3) is 0 Å². The molecule has 2 rings (SSSR count). The molecule has 0 spiro atoms. The average Bonchev–Trinajstić information content (AvgIpc) is 2.55. The molecule has 136 valence electrons. The van der Waals surface area contributed by atoms with E-state index in [0.29, 0.717) is 12.1 Å². The third kappa shape index (κ3) is 3.92. The molecule has 12 heteroatoms. The van der Waals surface area contributed by atoms with Crippen LogP contribution in [0.1, 0.15) is 20.7 Å². The monoisotopic (exact) mass is 384 g/mol. The van der Waals surface area contributed by atoms with Gasteiger partial charge in [-0.05, 0) is 30.3 Å². The quantitative estimate of drug-likeness (QED) is 0.502. The largest absolute Gasteiger partial charge is 0.478 e. The zero-order valence-corrected chi connectivity index (χ0v) is 13.4. The summed E-state index contributed by atoms with van der Waals surface area (Å²) in [6.45, 7) is 0. The zero-order chi connectivity index (χ0) is 19.6. The summed E-state index contributed by atoms with van der Waals surface area (Å²) in [5.74, 6) is -4.29. The number of nitrogens with zero attached hydrogens (tertiary/aromatic N) is 1. The summed E-state index contributed by atoms with van der Waals surface area (Å²) >= 11 is 0. The zero-order valence-electron chi connectivity index (χ0n) is 12.5. The first-order valence-corrected chi connectivity index (χ1v) is 8.08. The highest BCUT2D eigenvalue weighted by Crippen LogP contribution is 2.24. The van der Waals surface area contributed by atoms with Crippen LogP contribution >= 0.6 is 0 Å². The van der Waals surface area contributed by atoms with Gasteiger partial charge in [-0.15, -0.1) is 0 Å². The van der Waals surface area contributed by atoms with Crippen LogP contribution in [0, 0.1) is 15.9 Å². The molecule has 0 aliphatic rings. The molecule has 0 atom stereocenters. The van der Waals surface area contributed by atoms with Crippen molar-refractivity contribution >= 4 is 33.3 Å². The van der Waals surface area contributed by atoms with Crippen molar-refractivity contribution in [3.8, 4) is 0 Å². The van der Waals surface area contributed by atoms with Crippen LogP contribution in [-0.4, -0.2) is 35.5 Å². The Hall–Kier alpha value is -3.54. The maximum atomic E-state index is 13.3. The maximum absolute atomic E-state index is 13.3. The van der Waals surface area contributed by atoms with Crippen molar-refractivity contribution in [3.63, 3.8) is 0 Å². The molecule has 0 saturated heterocycles. The van der Waals surface area contributed by atoms with Crippen LogP contribution in [-0.2, 0) is 10.0 Å². The summed E-state index contributed by atoms with van der Waals surface area (Å²) in [5, 5.41) is 28.7. The van der Waals surface area contributed by atoms with Crippen LogP contribution < -0.4 is 4.72 Å². The second kappa shape index (κ2) is 6.76. The number of hydrogen-bond donors (Lipinski definition) is 3. The van der Waals surface area contributed by atoms with Gasteiger partial charge >= 0.3 is 17.6 Å². The Kier molecular flexibility index (Phi) is 4.88. The minimum Gasteiger partial charge on any atom is -0.478 e. The highest BCUT2D eigenvalue weighted by Gasteiger charge is 2.22. The van der Waals surface area contributed by atoms with E-state index in [1.807, 2.05) is 4.72 Å². The highest BCUT2D eigenvalue weighted by atomic mass is 32.2. The Balaban J connectivity index is 2.51. The SMILES string of the molecule is O=C(O)c1cc(C(=O)O)cc(S(=O)(=O)Nc2ccc(F)c([N+](=O)[O-])c2)c1. The van der Waals surface area contributed by atoms with Gasteiger partial charge in [0.1, 0.15) is 0 Å². The predicted molar refractivity (Wildman–Crippen MR) is 84.2 cm³/mol. The standard InChI is InChI=1S/C14H9FN2O8S/c15-11-2-1-9(6-12(11)17(22)23)16-26(24,25)10-4-7(13(18)19)3-8(5-10)14(20)21/h1-6,16H,(H,18,19)(H,20,21). The number of anilines is 1. The van der Waals surface area contributed by atoms with E-state index >= 15 is 0 Å². The summed E-state index contributed by atoms with van der Waals surface area (Å²) in [5.41, 5.74) is -2.52. The first-order valence-electron chi connectivity index (χ1n) is 6.59. The second-order valence-corrected chi connectivity index (χ2v) is 6.57. The fourth-order valence-electron chi connectivity index (χ4n) is 1.93. The van der Waals surface area contributed by atoms with E-state index in [0.717, 1.165) is 24.3 Å². The number of aromatic carboxylic acids is 2. The van der Waals surface area contributed by atoms with Gasteiger partial charge in [-0.3, -0.25) is 14.8 Å². The van der Waals surface area contributed by atoms with Crippen LogP contribution in [0.2, 0.25) is 0 Å². The molecule has 10 nitrogen and oxygen atoms in total. The van der Waals surface area contributed by atoms with Gasteiger partial charge in [0.25, 0.3) is 10.0 Å². The molecule has 3 N–H and O–H groups in total. The smallest absolute Gasteiger partial charge is 0.335 e. The molecule has 0 radical (unpaired) electrons. The number of carbonyl (C=O) groups is 2. The van der Waals surface area contributed by atoms with Gasteiger partial charge < -0.3 is 10.2 Å². The molecule has 26 heavy (non-hydrogen) atoms. The maximum Gasteiger partial charge on any atom is 0.335 e. The number of rotatable bonds is 6. The van der Waals surface area contributed by atoms with Gasteiger partial charge in [0.05, 0.1) is 26.6 Å². The van der Waals surface area contributed by atoms with Crippen LogP contribution in [0.15, 0.2) is 41.3 Å². The molecule has 2 aromatic rings. The number of nitro benzene ring substituents is 1. The highest BCUT2D eigenvalue weighted by molar-refractivity contribution is 7.92. The lowest BCUT2D eigenvalue weighted by Gasteiger charge is -2.10. The normalized spacial score (nSPS) is 11.0. The van der Waals surface area contributed by atoms with Crippen molar-refractivity contribution in [3.05, 3.63) is 63.5 Å². The first kappa shape index (κ1) is 18.8. The van der Waals surface area contributed by atoms with Crippen molar-refractivity contribution in [2.45, 2.75) is 4.90 Å². The molecule has 2 aromatic carbocycles. The van der Waals surface area contributed by atoms with Gasteiger partial charge in [0, 0.05) is 6.07 Å². The molecule has 0 amide bonds. The van der Waals surface area contributed by atoms with Crippen molar-refractivity contribution in [1.29, 1.82) is 0 Å². The number of nitrogens with one attached hydrogen (secondary N) is 1. The van der Waals surface area contributed by atoms with Crippen molar-refractivity contribution < 1.29 is 37.5 Å². The van der Waals surface area contributed by atoms with E-state index in [1.54, 1.807) is 0 Å².